The second-order valence-electron chi connectivity index (χ2n) is 6.44. The van der Waals surface area contributed by atoms with E-state index in [1.165, 1.54) is 25.7 Å². The van der Waals surface area contributed by atoms with Gasteiger partial charge in [0.15, 0.2) is 0 Å². The fraction of sp³-hybridized carbons (Fsp3) is 1.00. The van der Waals surface area contributed by atoms with Crippen LogP contribution in [0.3, 0.4) is 0 Å². The zero-order valence-corrected chi connectivity index (χ0v) is 12.2. The van der Waals surface area contributed by atoms with Crippen LogP contribution in [0.2, 0.25) is 0 Å². The van der Waals surface area contributed by atoms with Gasteiger partial charge in [-0.05, 0) is 38.1 Å². The second kappa shape index (κ2) is 6.36. The molecule has 2 rings (SSSR count). The molecule has 0 aromatic carbocycles. The summed E-state index contributed by atoms with van der Waals surface area (Å²) in [5.41, 5.74) is 0.292. The molecule has 18 heavy (non-hydrogen) atoms. The summed E-state index contributed by atoms with van der Waals surface area (Å²) in [6.45, 7) is 10.8. The molecule has 1 heterocycles. The van der Waals surface area contributed by atoms with Crippen molar-refractivity contribution in [2.45, 2.75) is 58.6 Å². The quantitative estimate of drug-likeness (QED) is 0.791. The molecule has 0 amide bonds. The average molecular weight is 255 g/mol. The topological polar surface area (TPSA) is 30.5 Å². The second-order valence-corrected chi connectivity index (χ2v) is 6.44. The van der Waals surface area contributed by atoms with E-state index in [1.54, 1.807) is 0 Å². The van der Waals surface area contributed by atoms with Crippen molar-refractivity contribution in [2.75, 3.05) is 26.4 Å². The first-order valence-corrected chi connectivity index (χ1v) is 7.57. The largest absolute Gasteiger partial charge is 0.381 e. The van der Waals surface area contributed by atoms with Crippen LogP contribution in [-0.4, -0.2) is 38.5 Å². The van der Waals surface area contributed by atoms with Crippen molar-refractivity contribution in [1.82, 2.24) is 5.32 Å². The summed E-state index contributed by atoms with van der Waals surface area (Å²) in [5.74, 6) is 0.720. The fourth-order valence-electron chi connectivity index (χ4n) is 3.00. The molecule has 2 aliphatic rings. The number of ether oxygens (including phenoxy) is 2. The lowest BCUT2D eigenvalue weighted by Gasteiger charge is -2.52. The van der Waals surface area contributed by atoms with Crippen LogP contribution in [0.25, 0.3) is 0 Å². The molecule has 0 spiro atoms. The maximum Gasteiger partial charge on any atom is 0.0656 e. The smallest absolute Gasteiger partial charge is 0.0656 e. The normalized spacial score (nSPS) is 32.2. The highest BCUT2D eigenvalue weighted by Gasteiger charge is 2.48. The van der Waals surface area contributed by atoms with Crippen LogP contribution in [-0.2, 0) is 9.47 Å². The number of hydrogen-bond donors (Lipinski definition) is 1. The van der Waals surface area contributed by atoms with Crippen molar-refractivity contribution in [3.05, 3.63) is 0 Å². The summed E-state index contributed by atoms with van der Waals surface area (Å²) in [6.07, 6.45) is 5.17. The minimum atomic E-state index is 0.292. The van der Waals surface area contributed by atoms with Crippen molar-refractivity contribution >= 4 is 0 Å². The fourth-order valence-corrected chi connectivity index (χ4v) is 3.00. The molecular weight excluding hydrogens is 226 g/mol. The number of hydrogen-bond acceptors (Lipinski definition) is 3. The van der Waals surface area contributed by atoms with E-state index < -0.39 is 0 Å². The molecule has 1 aliphatic carbocycles. The monoisotopic (exact) mass is 255 g/mol. The number of rotatable bonds is 6. The van der Waals surface area contributed by atoms with Gasteiger partial charge in [-0.3, -0.25) is 0 Å². The third-order valence-corrected chi connectivity index (χ3v) is 4.69. The number of nitrogens with one attached hydrogen (secondary N) is 1. The first kappa shape index (κ1) is 14.3. The van der Waals surface area contributed by atoms with Crippen molar-refractivity contribution in [3.63, 3.8) is 0 Å². The Labute approximate surface area is 112 Å². The van der Waals surface area contributed by atoms with Crippen LogP contribution in [0.1, 0.15) is 46.5 Å². The molecule has 0 radical (unpaired) electrons. The van der Waals surface area contributed by atoms with E-state index >= 15 is 0 Å². The predicted octanol–water partition coefficient (Wildman–Crippen LogP) is 2.60. The molecule has 0 bridgehead atoms. The minimum Gasteiger partial charge on any atom is -0.381 e. The zero-order chi connectivity index (χ0) is 13.0. The van der Waals surface area contributed by atoms with Gasteiger partial charge < -0.3 is 14.8 Å². The third kappa shape index (κ3) is 3.25. The van der Waals surface area contributed by atoms with E-state index in [-0.39, 0.29) is 0 Å². The van der Waals surface area contributed by atoms with Gasteiger partial charge in [0, 0.05) is 31.3 Å². The van der Waals surface area contributed by atoms with E-state index in [1.807, 2.05) is 0 Å². The van der Waals surface area contributed by atoms with Crippen molar-refractivity contribution in [2.24, 2.45) is 11.3 Å². The maximum atomic E-state index is 6.15. The molecular formula is C15H29NO2. The van der Waals surface area contributed by atoms with Crippen LogP contribution in [0.5, 0.6) is 0 Å². The molecule has 2 atom stereocenters. The van der Waals surface area contributed by atoms with E-state index in [0.29, 0.717) is 17.6 Å². The Hall–Kier alpha value is -0.120. The van der Waals surface area contributed by atoms with Crippen molar-refractivity contribution in [1.29, 1.82) is 0 Å². The third-order valence-electron chi connectivity index (χ3n) is 4.69. The molecule has 106 valence electrons. The van der Waals surface area contributed by atoms with E-state index in [0.717, 1.165) is 32.3 Å². The van der Waals surface area contributed by atoms with Gasteiger partial charge in [-0.1, -0.05) is 20.8 Å². The first-order chi connectivity index (χ1) is 8.64. The van der Waals surface area contributed by atoms with E-state index in [9.17, 15) is 0 Å². The lowest BCUT2D eigenvalue weighted by Crippen LogP contribution is -2.61. The van der Waals surface area contributed by atoms with Gasteiger partial charge >= 0.3 is 0 Å². The first-order valence-electron chi connectivity index (χ1n) is 7.57. The molecule has 0 aromatic heterocycles. The van der Waals surface area contributed by atoms with E-state index in [2.05, 4.69) is 26.1 Å². The summed E-state index contributed by atoms with van der Waals surface area (Å²) in [7, 11) is 0. The van der Waals surface area contributed by atoms with Gasteiger partial charge in [0.2, 0.25) is 0 Å². The van der Waals surface area contributed by atoms with Gasteiger partial charge in [-0.2, -0.15) is 0 Å². The summed E-state index contributed by atoms with van der Waals surface area (Å²) in [4.78, 5) is 0. The molecule has 2 unspecified atom stereocenters. The van der Waals surface area contributed by atoms with Crippen LogP contribution >= 0.6 is 0 Å². The summed E-state index contributed by atoms with van der Waals surface area (Å²) in [6, 6.07) is 0.636. The molecule has 3 nitrogen and oxygen atoms in total. The van der Waals surface area contributed by atoms with Gasteiger partial charge in [-0.15, -0.1) is 0 Å². The Morgan fingerprint density at radius 1 is 1.28 bits per heavy atom. The highest BCUT2D eigenvalue weighted by molar-refractivity contribution is 5.02. The Bertz CT molecular complexity index is 249. The van der Waals surface area contributed by atoms with Crippen LogP contribution < -0.4 is 5.32 Å². The van der Waals surface area contributed by atoms with Crippen molar-refractivity contribution in [3.8, 4) is 0 Å². The lowest BCUT2D eigenvalue weighted by molar-refractivity contribution is -0.131. The highest BCUT2D eigenvalue weighted by Crippen LogP contribution is 2.43. The van der Waals surface area contributed by atoms with Gasteiger partial charge in [0.1, 0.15) is 0 Å². The average Bonchev–Trinajstić information content (AvgIpc) is 2.38. The van der Waals surface area contributed by atoms with Gasteiger partial charge in [-0.25, -0.2) is 0 Å². The van der Waals surface area contributed by atoms with E-state index in [4.69, 9.17) is 9.47 Å². The predicted molar refractivity (Wildman–Crippen MR) is 73.8 cm³/mol. The zero-order valence-electron chi connectivity index (χ0n) is 12.2. The van der Waals surface area contributed by atoms with Crippen LogP contribution in [0, 0.1) is 11.3 Å². The lowest BCUT2D eigenvalue weighted by atomic mass is 9.64. The Kier molecular flexibility index (Phi) is 5.05. The Morgan fingerprint density at radius 3 is 2.61 bits per heavy atom. The molecule has 3 heteroatoms. The minimum absolute atomic E-state index is 0.292. The molecule has 0 aromatic rings. The van der Waals surface area contributed by atoms with Gasteiger partial charge in [0.25, 0.3) is 0 Å². The Morgan fingerprint density at radius 2 is 2.00 bits per heavy atom. The summed E-state index contributed by atoms with van der Waals surface area (Å²) < 4.78 is 11.5. The molecule has 1 saturated heterocycles. The summed E-state index contributed by atoms with van der Waals surface area (Å²) >= 11 is 0. The molecule has 1 N–H and O–H groups in total. The van der Waals surface area contributed by atoms with Crippen LogP contribution in [0.15, 0.2) is 0 Å². The van der Waals surface area contributed by atoms with Crippen molar-refractivity contribution < 1.29 is 9.47 Å². The highest BCUT2D eigenvalue weighted by atomic mass is 16.5. The molecule has 1 aliphatic heterocycles. The SMILES string of the molecule is CCCNC1CC(OCC2CCOCC2)C1(C)C. The molecule has 2 fully saturated rings. The maximum absolute atomic E-state index is 6.15. The van der Waals surface area contributed by atoms with Gasteiger partial charge in [0.05, 0.1) is 6.10 Å². The summed E-state index contributed by atoms with van der Waals surface area (Å²) in [5, 5.41) is 3.63. The van der Waals surface area contributed by atoms with Crippen LogP contribution in [0.4, 0.5) is 0 Å². The standard InChI is InChI=1S/C15H29NO2/c1-4-7-16-13-10-14(15(13,2)3)18-11-12-5-8-17-9-6-12/h12-14,16H,4-11H2,1-3H3. The Balaban J connectivity index is 1.68. The molecule has 1 saturated carbocycles.